The van der Waals surface area contributed by atoms with Crippen molar-refractivity contribution in [2.24, 2.45) is 0 Å². The van der Waals surface area contributed by atoms with Gasteiger partial charge >= 0.3 is 12.0 Å². The van der Waals surface area contributed by atoms with Gasteiger partial charge in [-0.3, -0.25) is 0 Å². The molecule has 100 valence electrons. The van der Waals surface area contributed by atoms with Crippen LogP contribution in [0.4, 0.5) is 10.5 Å². The summed E-state index contributed by atoms with van der Waals surface area (Å²) in [6.07, 6.45) is 0.214. The minimum Gasteiger partial charge on any atom is -0.478 e. The van der Waals surface area contributed by atoms with Gasteiger partial charge in [-0.15, -0.1) is 0 Å². The van der Waals surface area contributed by atoms with Gasteiger partial charge in [0.05, 0.1) is 23.7 Å². The van der Waals surface area contributed by atoms with Gasteiger partial charge in [0.1, 0.15) is 0 Å². The molecule has 0 aliphatic carbocycles. The Morgan fingerprint density at radius 1 is 1.53 bits per heavy atom. The number of benzene rings is 1. The van der Waals surface area contributed by atoms with E-state index in [1.807, 2.05) is 6.07 Å². The number of carboxylic acid groups (broad SMARTS) is 1. The Morgan fingerprint density at radius 3 is 2.79 bits per heavy atom. The summed E-state index contributed by atoms with van der Waals surface area (Å²) in [6.45, 7) is 0.273. The van der Waals surface area contributed by atoms with E-state index in [2.05, 4.69) is 21.2 Å². The lowest BCUT2D eigenvalue weighted by Crippen LogP contribution is -2.32. The second-order valence-electron chi connectivity index (χ2n) is 3.73. The summed E-state index contributed by atoms with van der Waals surface area (Å²) in [4.78, 5) is 24.2. The molecule has 0 saturated carbocycles. The van der Waals surface area contributed by atoms with Crippen molar-refractivity contribution in [2.45, 2.75) is 6.42 Å². The van der Waals surface area contributed by atoms with Gasteiger partial charge in [-0.1, -0.05) is 6.07 Å². The number of hydrogen-bond donors (Lipinski definition) is 2. The van der Waals surface area contributed by atoms with Crippen LogP contribution in [0.25, 0.3) is 0 Å². The van der Waals surface area contributed by atoms with Crippen molar-refractivity contribution in [1.82, 2.24) is 4.90 Å². The highest BCUT2D eigenvalue weighted by molar-refractivity contribution is 9.10. The SMILES string of the molecule is CN(CCC#N)C(=O)Nc1c(Br)cccc1C(=O)O. The minimum absolute atomic E-state index is 0.00333. The number of urea groups is 1. The first-order valence-corrected chi connectivity index (χ1v) is 6.17. The van der Waals surface area contributed by atoms with Crippen molar-refractivity contribution >= 4 is 33.6 Å². The van der Waals surface area contributed by atoms with Gasteiger partial charge in [-0.2, -0.15) is 5.26 Å². The smallest absolute Gasteiger partial charge is 0.337 e. The van der Waals surface area contributed by atoms with Crippen molar-refractivity contribution in [3.63, 3.8) is 0 Å². The van der Waals surface area contributed by atoms with Crippen molar-refractivity contribution in [3.05, 3.63) is 28.2 Å². The summed E-state index contributed by atoms with van der Waals surface area (Å²) in [5.74, 6) is -1.13. The molecule has 2 N–H and O–H groups in total. The van der Waals surface area contributed by atoms with Crippen LogP contribution in [-0.4, -0.2) is 35.6 Å². The topological polar surface area (TPSA) is 93.4 Å². The molecular weight excluding hydrogens is 314 g/mol. The number of rotatable bonds is 4. The molecule has 1 aromatic carbocycles. The van der Waals surface area contributed by atoms with E-state index in [0.29, 0.717) is 4.47 Å². The van der Waals surface area contributed by atoms with Crippen molar-refractivity contribution in [1.29, 1.82) is 5.26 Å². The number of nitriles is 1. The zero-order valence-electron chi connectivity index (χ0n) is 10.2. The summed E-state index contributed by atoms with van der Waals surface area (Å²) in [5, 5.41) is 20.0. The molecule has 2 amide bonds. The Labute approximate surface area is 118 Å². The average Bonchev–Trinajstić information content (AvgIpc) is 2.37. The van der Waals surface area contributed by atoms with E-state index in [1.54, 1.807) is 12.1 Å². The maximum Gasteiger partial charge on any atom is 0.337 e. The number of amides is 2. The Bertz CT molecular complexity index is 540. The predicted molar refractivity (Wildman–Crippen MR) is 73.0 cm³/mol. The summed E-state index contributed by atoms with van der Waals surface area (Å²) in [7, 11) is 1.53. The van der Waals surface area contributed by atoms with Crippen LogP contribution in [0.2, 0.25) is 0 Å². The van der Waals surface area contributed by atoms with Crippen LogP contribution in [0.3, 0.4) is 0 Å². The third-order valence-corrected chi connectivity index (χ3v) is 3.04. The molecule has 1 aromatic rings. The molecule has 0 saturated heterocycles. The summed E-state index contributed by atoms with van der Waals surface area (Å²) < 4.78 is 0.481. The molecule has 0 aromatic heterocycles. The van der Waals surface area contributed by atoms with E-state index >= 15 is 0 Å². The second kappa shape index (κ2) is 6.75. The standard InChI is InChI=1S/C12H12BrN3O3/c1-16(7-3-6-14)12(19)15-10-8(11(17)18)4-2-5-9(10)13/h2,4-5H,3,7H2,1H3,(H,15,19)(H,17,18). The number of carboxylic acids is 1. The number of nitrogens with one attached hydrogen (secondary N) is 1. The molecule has 1 rings (SSSR count). The van der Waals surface area contributed by atoms with Gasteiger partial charge in [-0.25, -0.2) is 9.59 Å². The van der Waals surface area contributed by atoms with Crippen LogP contribution in [-0.2, 0) is 0 Å². The lowest BCUT2D eigenvalue weighted by atomic mass is 10.2. The minimum atomic E-state index is -1.13. The van der Waals surface area contributed by atoms with Crippen LogP contribution in [0.1, 0.15) is 16.8 Å². The summed E-state index contributed by atoms with van der Waals surface area (Å²) >= 11 is 3.20. The fourth-order valence-electron chi connectivity index (χ4n) is 1.35. The van der Waals surface area contributed by atoms with Gasteiger partial charge in [-0.05, 0) is 28.1 Å². The predicted octanol–water partition coefficient (Wildman–Crippen LogP) is 2.52. The Morgan fingerprint density at radius 2 is 2.21 bits per heavy atom. The number of hydrogen-bond acceptors (Lipinski definition) is 3. The molecule has 0 unspecified atom stereocenters. The Balaban J connectivity index is 2.91. The van der Waals surface area contributed by atoms with Crippen molar-refractivity contribution in [3.8, 4) is 6.07 Å². The first-order chi connectivity index (χ1) is 8.97. The molecule has 0 spiro atoms. The molecule has 0 atom stereocenters. The largest absolute Gasteiger partial charge is 0.478 e. The van der Waals surface area contributed by atoms with E-state index in [0.717, 1.165) is 0 Å². The van der Waals surface area contributed by atoms with E-state index < -0.39 is 12.0 Å². The van der Waals surface area contributed by atoms with Crippen LogP contribution in [0.15, 0.2) is 22.7 Å². The van der Waals surface area contributed by atoms with Gasteiger partial charge in [0.15, 0.2) is 0 Å². The van der Waals surface area contributed by atoms with E-state index in [-0.39, 0.29) is 24.2 Å². The molecule has 0 aliphatic rings. The molecule has 6 nitrogen and oxygen atoms in total. The highest BCUT2D eigenvalue weighted by Gasteiger charge is 2.16. The molecule has 0 heterocycles. The fraction of sp³-hybridized carbons (Fsp3) is 0.250. The highest BCUT2D eigenvalue weighted by atomic mass is 79.9. The third-order valence-electron chi connectivity index (χ3n) is 2.38. The van der Waals surface area contributed by atoms with E-state index in [4.69, 9.17) is 10.4 Å². The van der Waals surface area contributed by atoms with Crippen LogP contribution >= 0.6 is 15.9 Å². The van der Waals surface area contributed by atoms with Crippen molar-refractivity contribution in [2.75, 3.05) is 18.9 Å². The zero-order valence-corrected chi connectivity index (χ0v) is 11.8. The third kappa shape index (κ3) is 3.96. The molecule has 0 aliphatic heterocycles. The van der Waals surface area contributed by atoms with Gasteiger partial charge in [0.2, 0.25) is 0 Å². The number of halogens is 1. The average molecular weight is 326 g/mol. The molecular formula is C12H12BrN3O3. The molecule has 0 bridgehead atoms. The Kier molecular flexibility index (Phi) is 5.33. The van der Waals surface area contributed by atoms with Crippen LogP contribution < -0.4 is 5.32 Å². The van der Waals surface area contributed by atoms with Crippen LogP contribution in [0, 0.1) is 11.3 Å². The summed E-state index contributed by atoms with van der Waals surface area (Å²) in [5.41, 5.74) is 0.195. The number of carbonyl (C=O) groups excluding carboxylic acids is 1. The monoisotopic (exact) mass is 325 g/mol. The zero-order chi connectivity index (χ0) is 14.4. The fourth-order valence-corrected chi connectivity index (χ4v) is 1.82. The molecule has 19 heavy (non-hydrogen) atoms. The van der Waals surface area contributed by atoms with Gasteiger partial charge in [0.25, 0.3) is 0 Å². The first-order valence-electron chi connectivity index (χ1n) is 5.38. The number of para-hydroxylation sites is 1. The molecule has 7 heteroatoms. The number of carbonyl (C=O) groups is 2. The van der Waals surface area contributed by atoms with E-state index in [9.17, 15) is 9.59 Å². The summed E-state index contributed by atoms with van der Waals surface area (Å²) in [6, 6.07) is 6.07. The Hall–Kier alpha value is -2.07. The second-order valence-corrected chi connectivity index (χ2v) is 4.58. The lowest BCUT2D eigenvalue weighted by molar-refractivity contribution is 0.0698. The molecule has 0 fully saturated rings. The maximum atomic E-state index is 11.8. The van der Waals surface area contributed by atoms with E-state index in [1.165, 1.54) is 18.0 Å². The van der Waals surface area contributed by atoms with Gasteiger partial charge in [0, 0.05) is 18.1 Å². The number of nitrogens with zero attached hydrogens (tertiary/aromatic N) is 2. The highest BCUT2D eigenvalue weighted by Crippen LogP contribution is 2.26. The normalized spacial score (nSPS) is 9.53. The van der Waals surface area contributed by atoms with Crippen molar-refractivity contribution < 1.29 is 14.7 Å². The lowest BCUT2D eigenvalue weighted by Gasteiger charge is -2.18. The number of aromatic carboxylic acids is 1. The molecule has 0 radical (unpaired) electrons. The van der Waals surface area contributed by atoms with Gasteiger partial charge < -0.3 is 15.3 Å². The quantitative estimate of drug-likeness (QED) is 0.889. The maximum absolute atomic E-state index is 11.8. The van der Waals surface area contributed by atoms with Crippen LogP contribution in [0.5, 0.6) is 0 Å². The first kappa shape index (κ1) is 15.0. The number of anilines is 1.